The van der Waals surface area contributed by atoms with Gasteiger partial charge in [0.25, 0.3) is 0 Å². The Kier molecular flexibility index (Phi) is 15.9. The standard InChI is InChI=1S/C26H32N2O15/c29-23(30)19-13-17(14-20(27-19)24(31)32)42-11-9-40-7-5-38-3-1-37-2-4-39-6-8-41-10-12-43-18-15-21(25(33)34)28-22(16-18)26(35)36/h13-16H,1-12H2,(H,29,30)(H,31,32)(H,33,34)(H,35,36). The van der Waals surface area contributed by atoms with E-state index in [0.717, 1.165) is 24.3 Å². The highest BCUT2D eigenvalue weighted by atomic mass is 16.6. The van der Waals surface area contributed by atoms with Crippen molar-refractivity contribution in [1.29, 1.82) is 0 Å². The lowest BCUT2D eigenvalue weighted by molar-refractivity contribution is -0.0141. The van der Waals surface area contributed by atoms with Crippen molar-refractivity contribution >= 4 is 23.9 Å². The molecule has 2 aromatic heterocycles. The number of carboxylic acid groups (broad SMARTS) is 4. The SMILES string of the molecule is O=C(O)c1cc(OCCOCCOCCOCCOCCOCCOc2cc(C(=O)O)nc(C(=O)O)c2)cc(C(=O)O)n1. The fourth-order valence-corrected chi connectivity index (χ4v) is 3.03. The van der Waals surface area contributed by atoms with Crippen molar-refractivity contribution in [3.8, 4) is 11.5 Å². The molecule has 0 aliphatic rings. The molecule has 0 saturated heterocycles. The molecule has 0 atom stereocenters. The van der Waals surface area contributed by atoms with Gasteiger partial charge in [0.05, 0.1) is 66.1 Å². The summed E-state index contributed by atoms with van der Waals surface area (Å²) in [5.74, 6) is -5.36. The van der Waals surface area contributed by atoms with Gasteiger partial charge in [-0.25, -0.2) is 29.1 Å². The fourth-order valence-electron chi connectivity index (χ4n) is 3.03. The first-order chi connectivity index (χ1) is 20.7. The van der Waals surface area contributed by atoms with Gasteiger partial charge in [0.15, 0.2) is 22.8 Å². The highest BCUT2D eigenvalue weighted by Gasteiger charge is 2.15. The van der Waals surface area contributed by atoms with Crippen LogP contribution in [0.15, 0.2) is 24.3 Å². The Morgan fingerprint density at radius 2 is 0.628 bits per heavy atom. The molecule has 236 valence electrons. The number of ether oxygens (including phenoxy) is 7. The van der Waals surface area contributed by atoms with Crippen molar-refractivity contribution in [1.82, 2.24) is 9.97 Å². The first-order valence-electron chi connectivity index (χ1n) is 12.8. The molecule has 0 radical (unpaired) electrons. The van der Waals surface area contributed by atoms with Gasteiger partial charge in [0, 0.05) is 24.3 Å². The Morgan fingerprint density at radius 3 is 0.837 bits per heavy atom. The topological polar surface area (TPSA) is 240 Å². The van der Waals surface area contributed by atoms with Gasteiger partial charge < -0.3 is 53.6 Å². The van der Waals surface area contributed by atoms with E-state index in [1.807, 2.05) is 0 Å². The lowest BCUT2D eigenvalue weighted by atomic mass is 10.3. The molecule has 0 aliphatic heterocycles. The van der Waals surface area contributed by atoms with Crippen molar-refractivity contribution in [3.05, 3.63) is 47.0 Å². The van der Waals surface area contributed by atoms with Gasteiger partial charge in [-0.15, -0.1) is 0 Å². The van der Waals surface area contributed by atoms with Gasteiger partial charge in [0.2, 0.25) is 0 Å². The van der Waals surface area contributed by atoms with E-state index in [1.165, 1.54) is 0 Å². The summed E-state index contributed by atoms with van der Waals surface area (Å²) < 4.78 is 37.5. The second kappa shape index (κ2) is 19.7. The van der Waals surface area contributed by atoms with Crippen LogP contribution >= 0.6 is 0 Å². The van der Waals surface area contributed by atoms with Crippen molar-refractivity contribution in [2.45, 2.75) is 0 Å². The van der Waals surface area contributed by atoms with E-state index in [1.54, 1.807) is 0 Å². The Bertz CT molecular complexity index is 1050. The Morgan fingerprint density at radius 1 is 0.419 bits per heavy atom. The average Bonchev–Trinajstić information content (AvgIpc) is 2.97. The van der Waals surface area contributed by atoms with Crippen molar-refractivity contribution in [3.63, 3.8) is 0 Å². The molecule has 2 rings (SSSR count). The van der Waals surface area contributed by atoms with Crippen molar-refractivity contribution in [2.75, 3.05) is 79.3 Å². The number of rotatable bonds is 24. The zero-order valence-electron chi connectivity index (χ0n) is 23.0. The minimum Gasteiger partial charge on any atom is -0.491 e. The highest BCUT2D eigenvalue weighted by Crippen LogP contribution is 2.16. The monoisotopic (exact) mass is 612 g/mol. The summed E-state index contributed by atoms with van der Waals surface area (Å²) in [6.45, 7) is 3.06. The van der Waals surface area contributed by atoms with E-state index < -0.39 is 46.7 Å². The van der Waals surface area contributed by atoms with E-state index in [0.29, 0.717) is 39.6 Å². The van der Waals surface area contributed by atoms with Crippen LogP contribution in [0.2, 0.25) is 0 Å². The third kappa shape index (κ3) is 14.3. The molecule has 0 amide bonds. The number of nitrogens with zero attached hydrogens (tertiary/aromatic N) is 2. The fraction of sp³-hybridized carbons (Fsp3) is 0.462. The van der Waals surface area contributed by atoms with Crippen LogP contribution < -0.4 is 9.47 Å². The number of hydrogen-bond acceptors (Lipinski definition) is 13. The molecule has 0 spiro atoms. The lowest BCUT2D eigenvalue weighted by Crippen LogP contribution is -2.15. The zero-order valence-corrected chi connectivity index (χ0v) is 23.0. The summed E-state index contributed by atoms with van der Waals surface area (Å²) in [4.78, 5) is 51.2. The second-order valence-corrected chi connectivity index (χ2v) is 8.13. The molecule has 43 heavy (non-hydrogen) atoms. The van der Waals surface area contributed by atoms with E-state index in [2.05, 4.69) is 9.97 Å². The molecule has 0 fully saturated rings. The Hall–Kier alpha value is -4.42. The van der Waals surface area contributed by atoms with E-state index in [9.17, 15) is 19.2 Å². The van der Waals surface area contributed by atoms with Gasteiger partial charge in [0.1, 0.15) is 24.7 Å². The van der Waals surface area contributed by atoms with Crippen molar-refractivity contribution in [2.24, 2.45) is 0 Å². The maximum atomic E-state index is 11.0. The van der Waals surface area contributed by atoms with Gasteiger partial charge in [-0.05, 0) is 0 Å². The molecular weight excluding hydrogens is 580 g/mol. The quantitative estimate of drug-likeness (QED) is 0.120. The van der Waals surface area contributed by atoms with Crippen LogP contribution in [0.5, 0.6) is 11.5 Å². The molecule has 17 heteroatoms. The predicted molar refractivity (Wildman–Crippen MR) is 141 cm³/mol. The zero-order chi connectivity index (χ0) is 31.5. The molecular formula is C26H32N2O15. The van der Waals surface area contributed by atoms with E-state index in [4.69, 9.17) is 53.6 Å². The summed E-state index contributed by atoms with van der Waals surface area (Å²) in [6.07, 6.45) is 0. The number of hydrogen-bond donors (Lipinski definition) is 4. The van der Waals surface area contributed by atoms with Gasteiger partial charge in [-0.1, -0.05) is 0 Å². The van der Waals surface area contributed by atoms with Crippen LogP contribution in [0.3, 0.4) is 0 Å². The largest absolute Gasteiger partial charge is 0.491 e. The molecule has 0 unspecified atom stereocenters. The van der Waals surface area contributed by atoms with E-state index in [-0.39, 0.29) is 51.1 Å². The third-order valence-electron chi connectivity index (χ3n) is 4.96. The smallest absolute Gasteiger partial charge is 0.354 e. The Labute approximate surface area is 244 Å². The summed E-state index contributed by atoms with van der Waals surface area (Å²) in [7, 11) is 0. The van der Waals surface area contributed by atoms with Crippen molar-refractivity contribution < 1.29 is 72.8 Å². The second-order valence-electron chi connectivity index (χ2n) is 8.13. The molecule has 17 nitrogen and oxygen atoms in total. The molecule has 0 bridgehead atoms. The first-order valence-corrected chi connectivity index (χ1v) is 12.8. The van der Waals surface area contributed by atoms with Gasteiger partial charge in [-0.2, -0.15) is 0 Å². The van der Waals surface area contributed by atoms with Crippen LogP contribution in [-0.2, 0) is 23.7 Å². The minimum absolute atomic E-state index is 0.0582. The molecule has 0 saturated carbocycles. The normalized spacial score (nSPS) is 10.8. The molecule has 0 aliphatic carbocycles. The summed E-state index contributed by atoms with van der Waals surface area (Å²) >= 11 is 0. The number of carboxylic acids is 4. The molecule has 0 aromatic carbocycles. The molecule has 4 N–H and O–H groups in total. The van der Waals surface area contributed by atoms with Gasteiger partial charge >= 0.3 is 23.9 Å². The van der Waals surface area contributed by atoms with Crippen LogP contribution in [0, 0.1) is 0 Å². The number of aromatic carboxylic acids is 4. The molecule has 2 aromatic rings. The summed E-state index contributed by atoms with van der Waals surface area (Å²) in [5.41, 5.74) is -1.75. The Balaban J connectivity index is 1.39. The predicted octanol–water partition coefficient (Wildman–Crippen LogP) is 0.810. The van der Waals surface area contributed by atoms with Crippen LogP contribution in [0.25, 0.3) is 0 Å². The number of pyridine rings is 2. The van der Waals surface area contributed by atoms with E-state index >= 15 is 0 Å². The van der Waals surface area contributed by atoms with Gasteiger partial charge in [-0.3, -0.25) is 0 Å². The van der Waals surface area contributed by atoms with Crippen LogP contribution in [0.1, 0.15) is 42.0 Å². The number of carbonyl (C=O) groups is 4. The lowest BCUT2D eigenvalue weighted by Gasteiger charge is -2.10. The summed E-state index contributed by atoms with van der Waals surface area (Å²) in [5, 5.41) is 36.0. The van der Waals surface area contributed by atoms with Crippen LogP contribution in [-0.4, -0.2) is 134 Å². The maximum Gasteiger partial charge on any atom is 0.354 e. The average molecular weight is 613 g/mol. The summed E-state index contributed by atoms with van der Waals surface area (Å²) in [6, 6.07) is 4.51. The molecule has 2 heterocycles. The highest BCUT2D eigenvalue weighted by molar-refractivity contribution is 5.91. The third-order valence-corrected chi connectivity index (χ3v) is 4.96. The maximum absolute atomic E-state index is 11.0. The minimum atomic E-state index is -1.37. The first kappa shape index (κ1) is 34.8. The van der Waals surface area contributed by atoms with Crippen LogP contribution in [0.4, 0.5) is 0 Å². The number of aromatic nitrogens is 2.